The highest BCUT2D eigenvalue weighted by atomic mass is 16.5. The van der Waals surface area contributed by atoms with Gasteiger partial charge in [0.2, 0.25) is 5.91 Å². The topological polar surface area (TPSA) is 78.9 Å². The van der Waals surface area contributed by atoms with Crippen molar-refractivity contribution in [2.75, 3.05) is 24.6 Å². The van der Waals surface area contributed by atoms with Gasteiger partial charge in [-0.2, -0.15) is 0 Å². The summed E-state index contributed by atoms with van der Waals surface area (Å²) in [5, 5.41) is 12.2. The highest BCUT2D eigenvalue weighted by Gasteiger charge is 2.16. The molecule has 6 nitrogen and oxygen atoms in total. The fourth-order valence-electron chi connectivity index (χ4n) is 3.67. The van der Waals surface area contributed by atoms with Crippen LogP contribution >= 0.6 is 0 Å². The molecule has 180 valence electrons. The van der Waals surface area contributed by atoms with E-state index in [1.165, 1.54) is 31.0 Å². The number of carbonyl (C=O) groups is 2. The molecule has 0 aromatic heterocycles. The minimum atomic E-state index is -1.04. The van der Waals surface area contributed by atoms with Crippen LogP contribution in [-0.4, -0.2) is 36.7 Å². The van der Waals surface area contributed by atoms with Crippen LogP contribution in [0, 0.1) is 5.92 Å². The van der Waals surface area contributed by atoms with Gasteiger partial charge < -0.3 is 20.1 Å². The minimum absolute atomic E-state index is 0.103. The molecular weight excluding hydrogens is 416 g/mol. The first-order valence-electron chi connectivity index (χ1n) is 11.9. The Morgan fingerprint density at radius 2 is 1.73 bits per heavy atom. The standard InChI is InChI=1S/C23H28N2O4.C4H10/c1-2-29-21-14-17(10-11-19(21)23(27)28)15-22(26)24-16-18-8-4-5-9-20(18)25-12-6-3-7-13-25;1-4(2)3/h4-5,8-11,14H,2-3,6-7,12-13,15-16H2,1H3,(H,24,26)(H,27,28);4H,1-3H3. The van der Waals surface area contributed by atoms with Crippen LogP contribution in [0.5, 0.6) is 5.75 Å². The quantitative estimate of drug-likeness (QED) is 0.566. The molecule has 1 amide bonds. The first-order valence-corrected chi connectivity index (χ1v) is 11.9. The van der Waals surface area contributed by atoms with Gasteiger partial charge in [-0.25, -0.2) is 4.79 Å². The van der Waals surface area contributed by atoms with E-state index in [4.69, 9.17) is 4.74 Å². The lowest BCUT2D eigenvalue weighted by atomic mass is 10.1. The van der Waals surface area contributed by atoms with E-state index in [-0.39, 0.29) is 17.9 Å². The Bertz CT molecular complexity index is 902. The van der Waals surface area contributed by atoms with Gasteiger partial charge in [0.1, 0.15) is 11.3 Å². The molecule has 6 heteroatoms. The van der Waals surface area contributed by atoms with Gasteiger partial charge >= 0.3 is 5.97 Å². The normalized spacial score (nSPS) is 13.2. The Balaban J connectivity index is 0.000000890. The third-order valence-corrected chi connectivity index (χ3v) is 5.11. The van der Waals surface area contributed by atoms with Gasteiger partial charge in [-0.3, -0.25) is 4.79 Å². The summed E-state index contributed by atoms with van der Waals surface area (Å²) in [6.45, 7) is 11.2. The number of aromatic carboxylic acids is 1. The monoisotopic (exact) mass is 454 g/mol. The van der Waals surface area contributed by atoms with Crippen molar-refractivity contribution in [1.82, 2.24) is 5.32 Å². The average Bonchev–Trinajstić information content (AvgIpc) is 2.78. The highest BCUT2D eigenvalue weighted by molar-refractivity contribution is 5.91. The number of carboxylic acids is 1. The van der Waals surface area contributed by atoms with Crippen LogP contribution in [0.3, 0.4) is 0 Å². The van der Waals surface area contributed by atoms with E-state index in [0.29, 0.717) is 18.9 Å². The number of piperidine rings is 1. The van der Waals surface area contributed by atoms with Crippen LogP contribution < -0.4 is 15.0 Å². The lowest BCUT2D eigenvalue weighted by molar-refractivity contribution is -0.120. The third-order valence-electron chi connectivity index (χ3n) is 5.11. The summed E-state index contributed by atoms with van der Waals surface area (Å²) in [7, 11) is 0. The van der Waals surface area contributed by atoms with Crippen molar-refractivity contribution in [2.45, 2.75) is 59.9 Å². The molecule has 1 aliphatic rings. The van der Waals surface area contributed by atoms with Gasteiger partial charge in [0, 0.05) is 25.3 Å². The second-order valence-electron chi connectivity index (χ2n) is 8.93. The Morgan fingerprint density at radius 3 is 2.36 bits per heavy atom. The lowest BCUT2D eigenvalue weighted by Crippen LogP contribution is -2.31. The van der Waals surface area contributed by atoms with E-state index < -0.39 is 5.97 Å². The van der Waals surface area contributed by atoms with Crippen LogP contribution in [0.1, 0.15) is 68.4 Å². The molecule has 0 atom stereocenters. The van der Waals surface area contributed by atoms with Gasteiger partial charge in [-0.05, 0) is 61.4 Å². The second kappa shape index (κ2) is 13.5. The lowest BCUT2D eigenvalue weighted by Gasteiger charge is -2.30. The van der Waals surface area contributed by atoms with Crippen molar-refractivity contribution < 1.29 is 19.4 Å². The maximum Gasteiger partial charge on any atom is 0.339 e. The fourth-order valence-corrected chi connectivity index (χ4v) is 3.67. The van der Waals surface area contributed by atoms with E-state index >= 15 is 0 Å². The summed E-state index contributed by atoms with van der Waals surface area (Å²) >= 11 is 0. The number of hydrogen-bond donors (Lipinski definition) is 2. The molecule has 2 aromatic rings. The number of benzene rings is 2. The number of hydrogen-bond acceptors (Lipinski definition) is 4. The molecule has 0 radical (unpaired) electrons. The van der Waals surface area contributed by atoms with Gasteiger partial charge in [0.05, 0.1) is 13.0 Å². The molecule has 1 saturated heterocycles. The molecule has 2 N–H and O–H groups in total. The van der Waals surface area contributed by atoms with Crippen molar-refractivity contribution in [3.63, 3.8) is 0 Å². The molecule has 0 spiro atoms. The molecule has 2 aromatic carbocycles. The molecular formula is C27H38N2O4. The smallest absolute Gasteiger partial charge is 0.339 e. The van der Waals surface area contributed by atoms with Crippen molar-refractivity contribution in [3.8, 4) is 5.75 Å². The number of carbonyl (C=O) groups excluding carboxylic acids is 1. The Kier molecular flexibility index (Phi) is 10.7. The summed E-state index contributed by atoms with van der Waals surface area (Å²) in [6.07, 6.45) is 3.86. The van der Waals surface area contributed by atoms with Crippen LogP contribution in [0.4, 0.5) is 5.69 Å². The summed E-state index contributed by atoms with van der Waals surface area (Å²) < 4.78 is 5.41. The number of para-hydroxylation sites is 1. The zero-order chi connectivity index (χ0) is 24.2. The number of nitrogens with one attached hydrogen (secondary N) is 1. The molecule has 33 heavy (non-hydrogen) atoms. The molecule has 1 heterocycles. The number of carboxylic acid groups (broad SMARTS) is 1. The van der Waals surface area contributed by atoms with E-state index in [1.54, 1.807) is 19.1 Å². The zero-order valence-electron chi connectivity index (χ0n) is 20.4. The minimum Gasteiger partial charge on any atom is -0.493 e. The Hall–Kier alpha value is -3.02. The highest BCUT2D eigenvalue weighted by Crippen LogP contribution is 2.24. The van der Waals surface area contributed by atoms with E-state index in [2.05, 4.69) is 43.1 Å². The number of rotatable bonds is 8. The number of ether oxygens (including phenoxy) is 1. The molecule has 0 saturated carbocycles. The van der Waals surface area contributed by atoms with Crippen molar-refractivity contribution in [1.29, 1.82) is 0 Å². The van der Waals surface area contributed by atoms with Crippen molar-refractivity contribution in [2.24, 2.45) is 5.92 Å². The first-order chi connectivity index (χ1) is 15.8. The molecule has 1 aliphatic heterocycles. The molecule has 1 fully saturated rings. The maximum absolute atomic E-state index is 12.5. The summed E-state index contributed by atoms with van der Waals surface area (Å²) in [5.41, 5.74) is 3.13. The van der Waals surface area contributed by atoms with Crippen molar-refractivity contribution >= 4 is 17.6 Å². The van der Waals surface area contributed by atoms with Gasteiger partial charge in [0.15, 0.2) is 0 Å². The van der Waals surface area contributed by atoms with Gasteiger partial charge in [-0.1, -0.05) is 45.0 Å². The maximum atomic E-state index is 12.5. The molecule has 3 rings (SSSR count). The molecule has 0 unspecified atom stereocenters. The van der Waals surface area contributed by atoms with E-state index in [9.17, 15) is 14.7 Å². The predicted molar refractivity (Wildman–Crippen MR) is 133 cm³/mol. The Labute approximate surface area is 198 Å². The second-order valence-corrected chi connectivity index (χ2v) is 8.93. The third kappa shape index (κ3) is 8.79. The van der Waals surface area contributed by atoms with Crippen molar-refractivity contribution in [3.05, 3.63) is 59.2 Å². The summed E-state index contributed by atoms with van der Waals surface area (Å²) in [5.74, 6) is -0.0245. The number of amides is 1. The number of nitrogens with zero attached hydrogens (tertiary/aromatic N) is 1. The summed E-state index contributed by atoms with van der Waals surface area (Å²) in [6, 6.07) is 13.0. The van der Waals surface area contributed by atoms with Crippen LogP contribution in [0.15, 0.2) is 42.5 Å². The summed E-state index contributed by atoms with van der Waals surface area (Å²) in [4.78, 5) is 26.2. The van der Waals surface area contributed by atoms with E-state index in [0.717, 1.165) is 30.1 Å². The largest absolute Gasteiger partial charge is 0.493 e. The fraction of sp³-hybridized carbons (Fsp3) is 0.481. The van der Waals surface area contributed by atoms with Crippen LogP contribution in [0.2, 0.25) is 0 Å². The average molecular weight is 455 g/mol. The van der Waals surface area contributed by atoms with Crippen LogP contribution in [0.25, 0.3) is 0 Å². The van der Waals surface area contributed by atoms with Gasteiger partial charge in [0.25, 0.3) is 0 Å². The SMILES string of the molecule is CC(C)C.CCOc1cc(CC(=O)NCc2ccccc2N2CCCCC2)ccc1C(=O)O. The predicted octanol–water partition coefficient (Wildman–Crippen LogP) is 5.30. The first kappa shape index (κ1) is 26.2. The van der Waals surface area contributed by atoms with E-state index in [1.807, 2.05) is 12.1 Å². The van der Waals surface area contributed by atoms with Crippen LogP contribution in [-0.2, 0) is 17.8 Å². The molecule has 0 aliphatic carbocycles. The van der Waals surface area contributed by atoms with Gasteiger partial charge in [-0.15, -0.1) is 0 Å². The zero-order valence-corrected chi connectivity index (χ0v) is 20.4. The number of anilines is 1. The molecule has 0 bridgehead atoms. The Morgan fingerprint density at radius 1 is 1.06 bits per heavy atom.